The number of nitrogens with zero attached hydrogens (tertiary/aromatic N) is 3. The molecular formula is C17H24FN3OS. The van der Waals surface area contributed by atoms with Crippen molar-refractivity contribution in [2.75, 3.05) is 64.4 Å². The lowest BCUT2D eigenvalue weighted by Crippen LogP contribution is -2.44. The molecule has 2 aliphatic rings. The van der Waals surface area contributed by atoms with Crippen LogP contribution in [0.25, 0.3) is 0 Å². The van der Waals surface area contributed by atoms with Crippen molar-refractivity contribution in [3.63, 3.8) is 0 Å². The van der Waals surface area contributed by atoms with Gasteiger partial charge in [-0.3, -0.25) is 0 Å². The highest BCUT2D eigenvalue weighted by molar-refractivity contribution is 7.80. The van der Waals surface area contributed by atoms with E-state index in [1.54, 1.807) is 6.07 Å². The molecule has 0 spiro atoms. The predicted octanol–water partition coefficient (Wildman–Crippen LogP) is 1.78. The Balaban J connectivity index is 1.63. The molecule has 0 atom stereocenters. The molecule has 2 saturated heterocycles. The van der Waals surface area contributed by atoms with E-state index >= 15 is 0 Å². The van der Waals surface area contributed by atoms with Crippen molar-refractivity contribution in [3.8, 4) is 0 Å². The van der Waals surface area contributed by atoms with Crippen molar-refractivity contribution >= 4 is 22.9 Å². The number of anilines is 1. The van der Waals surface area contributed by atoms with Gasteiger partial charge >= 0.3 is 0 Å². The number of rotatable bonds is 3. The molecule has 1 aromatic carbocycles. The molecule has 0 saturated carbocycles. The average Bonchev–Trinajstić information content (AvgIpc) is 2.57. The van der Waals surface area contributed by atoms with Crippen LogP contribution >= 0.6 is 12.2 Å². The van der Waals surface area contributed by atoms with Gasteiger partial charge in [-0.1, -0.05) is 18.3 Å². The molecule has 23 heavy (non-hydrogen) atoms. The van der Waals surface area contributed by atoms with Gasteiger partial charge in [-0.05, 0) is 24.7 Å². The van der Waals surface area contributed by atoms with E-state index in [1.165, 1.54) is 0 Å². The molecule has 0 unspecified atom stereocenters. The smallest absolute Gasteiger partial charge is 0.146 e. The van der Waals surface area contributed by atoms with Crippen LogP contribution in [0.4, 0.5) is 10.1 Å². The molecule has 1 aromatic rings. The number of thiocarbonyl (C=S) groups is 1. The molecule has 4 nitrogen and oxygen atoms in total. The van der Waals surface area contributed by atoms with Gasteiger partial charge in [0.25, 0.3) is 0 Å². The van der Waals surface area contributed by atoms with Crippen LogP contribution < -0.4 is 4.90 Å². The second-order valence-corrected chi connectivity index (χ2v) is 6.72. The normalized spacial score (nSPS) is 19.9. The summed E-state index contributed by atoms with van der Waals surface area (Å²) in [6, 6.07) is 5.54. The Morgan fingerprint density at radius 1 is 1.13 bits per heavy atom. The summed E-state index contributed by atoms with van der Waals surface area (Å²) in [5.41, 5.74) is 1.65. The number of hydrogen-bond donors (Lipinski definition) is 0. The molecule has 2 aliphatic heterocycles. The molecule has 2 heterocycles. The minimum atomic E-state index is -0.142. The van der Waals surface area contributed by atoms with Gasteiger partial charge in [-0.15, -0.1) is 0 Å². The fraction of sp³-hybridized carbons (Fsp3) is 0.588. The van der Waals surface area contributed by atoms with Gasteiger partial charge in [0.1, 0.15) is 5.82 Å². The van der Waals surface area contributed by atoms with Gasteiger partial charge in [-0.2, -0.15) is 0 Å². The summed E-state index contributed by atoms with van der Waals surface area (Å²) in [6.45, 7) is 6.80. The highest BCUT2D eigenvalue weighted by Crippen LogP contribution is 2.22. The van der Waals surface area contributed by atoms with Crippen molar-refractivity contribution in [1.82, 2.24) is 9.80 Å². The number of benzene rings is 1. The number of piperazine rings is 1. The molecule has 0 N–H and O–H groups in total. The van der Waals surface area contributed by atoms with Crippen molar-refractivity contribution in [2.45, 2.75) is 6.42 Å². The zero-order valence-corrected chi connectivity index (χ0v) is 14.4. The SMILES string of the molecule is CN1CCN(c2ccc(CC(=S)N3CCOCC3)cc2F)CC1. The standard InChI is InChI=1S/C17H24FN3OS/c1-19-4-6-20(7-5-19)16-3-2-14(12-15(16)18)13-17(23)21-8-10-22-11-9-21/h2-3,12H,4-11,13H2,1H3. The molecule has 0 aliphatic carbocycles. The van der Waals surface area contributed by atoms with Gasteiger partial charge < -0.3 is 19.4 Å². The molecule has 0 amide bonds. The Kier molecular flexibility index (Phi) is 5.46. The Morgan fingerprint density at radius 2 is 1.83 bits per heavy atom. The summed E-state index contributed by atoms with van der Waals surface area (Å²) < 4.78 is 19.8. The highest BCUT2D eigenvalue weighted by atomic mass is 32.1. The molecular weight excluding hydrogens is 313 g/mol. The predicted molar refractivity (Wildman–Crippen MR) is 94.8 cm³/mol. The molecule has 0 bridgehead atoms. The minimum absolute atomic E-state index is 0.142. The van der Waals surface area contributed by atoms with E-state index in [4.69, 9.17) is 17.0 Å². The van der Waals surface area contributed by atoms with Crippen molar-refractivity contribution < 1.29 is 9.13 Å². The molecule has 6 heteroatoms. The Labute approximate surface area is 142 Å². The lowest BCUT2D eigenvalue weighted by Gasteiger charge is -2.34. The van der Waals surface area contributed by atoms with E-state index in [1.807, 2.05) is 12.1 Å². The maximum absolute atomic E-state index is 14.5. The van der Waals surface area contributed by atoms with Gasteiger partial charge in [0.2, 0.25) is 0 Å². The molecule has 0 aromatic heterocycles. The first-order chi connectivity index (χ1) is 11.1. The average molecular weight is 337 g/mol. The van der Waals surface area contributed by atoms with Crippen LogP contribution in [0, 0.1) is 5.82 Å². The first-order valence-corrected chi connectivity index (χ1v) is 8.62. The number of halogens is 1. The zero-order chi connectivity index (χ0) is 16.2. The molecule has 3 rings (SSSR count). The highest BCUT2D eigenvalue weighted by Gasteiger charge is 2.18. The largest absolute Gasteiger partial charge is 0.378 e. The quantitative estimate of drug-likeness (QED) is 0.781. The fourth-order valence-electron chi connectivity index (χ4n) is 3.06. The Bertz CT molecular complexity index is 555. The van der Waals surface area contributed by atoms with Gasteiger partial charge in [0.05, 0.1) is 23.9 Å². The van der Waals surface area contributed by atoms with E-state index in [9.17, 15) is 4.39 Å². The summed E-state index contributed by atoms with van der Waals surface area (Å²) >= 11 is 5.50. The lowest BCUT2D eigenvalue weighted by atomic mass is 10.1. The first-order valence-electron chi connectivity index (χ1n) is 8.21. The van der Waals surface area contributed by atoms with E-state index in [0.29, 0.717) is 12.1 Å². The second kappa shape index (κ2) is 7.55. The van der Waals surface area contributed by atoms with Crippen molar-refractivity contribution in [1.29, 1.82) is 0 Å². The summed E-state index contributed by atoms with van der Waals surface area (Å²) in [7, 11) is 2.10. The van der Waals surface area contributed by atoms with Crippen LogP contribution in [0.1, 0.15) is 5.56 Å². The van der Waals surface area contributed by atoms with Gasteiger partial charge in [-0.25, -0.2) is 4.39 Å². The van der Waals surface area contributed by atoms with Crippen molar-refractivity contribution in [3.05, 3.63) is 29.6 Å². The topological polar surface area (TPSA) is 19.0 Å². The summed E-state index contributed by atoms with van der Waals surface area (Å²) in [6.07, 6.45) is 0.620. The van der Waals surface area contributed by atoms with E-state index in [2.05, 4.69) is 21.7 Å². The van der Waals surface area contributed by atoms with Crippen molar-refractivity contribution in [2.24, 2.45) is 0 Å². The lowest BCUT2D eigenvalue weighted by molar-refractivity contribution is 0.0684. The number of hydrogen-bond acceptors (Lipinski definition) is 4. The maximum atomic E-state index is 14.5. The Hall–Kier alpha value is -1.24. The molecule has 126 valence electrons. The summed E-state index contributed by atoms with van der Waals surface area (Å²) in [4.78, 5) is 7.42. The number of ether oxygens (including phenoxy) is 1. The zero-order valence-electron chi connectivity index (χ0n) is 13.6. The maximum Gasteiger partial charge on any atom is 0.146 e. The minimum Gasteiger partial charge on any atom is -0.378 e. The monoisotopic (exact) mass is 337 g/mol. The third-order valence-electron chi connectivity index (χ3n) is 4.58. The fourth-order valence-corrected chi connectivity index (χ4v) is 3.41. The van der Waals surface area contributed by atoms with Gasteiger partial charge in [0.15, 0.2) is 0 Å². The summed E-state index contributed by atoms with van der Waals surface area (Å²) in [5, 5.41) is 0. The number of likely N-dealkylation sites (N-methyl/N-ethyl adjacent to an activating group) is 1. The third-order valence-corrected chi connectivity index (χ3v) is 4.98. The summed E-state index contributed by atoms with van der Waals surface area (Å²) in [5.74, 6) is -0.142. The van der Waals surface area contributed by atoms with Crippen LogP contribution in [0.3, 0.4) is 0 Å². The van der Waals surface area contributed by atoms with Crippen LogP contribution in [-0.2, 0) is 11.2 Å². The van der Waals surface area contributed by atoms with E-state index in [0.717, 1.165) is 63.0 Å². The second-order valence-electron chi connectivity index (χ2n) is 6.25. The van der Waals surface area contributed by atoms with Gasteiger partial charge in [0, 0.05) is 45.7 Å². The van der Waals surface area contributed by atoms with E-state index in [-0.39, 0.29) is 5.82 Å². The van der Waals surface area contributed by atoms with Crippen LogP contribution in [-0.4, -0.2) is 74.3 Å². The van der Waals surface area contributed by atoms with E-state index < -0.39 is 0 Å². The van der Waals surface area contributed by atoms with Crippen LogP contribution in [0.5, 0.6) is 0 Å². The molecule has 2 fully saturated rings. The third kappa shape index (κ3) is 4.19. The molecule has 0 radical (unpaired) electrons. The van der Waals surface area contributed by atoms with Crippen LogP contribution in [0.15, 0.2) is 18.2 Å². The first kappa shape index (κ1) is 16.6. The number of morpholine rings is 1. The Morgan fingerprint density at radius 3 is 2.48 bits per heavy atom. The van der Waals surface area contributed by atoms with Crippen LogP contribution in [0.2, 0.25) is 0 Å².